The number of alkyl carbamates (subject to hydrolysis) is 1. The molecular weight excluding hydrogens is 258 g/mol. The van der Waals surface area contributed by atoms with E-state index in [4.69, 9.17) is 0 Å². The molecule has 1 atom stereocenters. The van der Waals surface area contributed by atoms with Gasteiger partial charge in [0.2, 0.25) is 0 Å². The van der Waals surface area contributed by atoms with Gasteiger partial charge in [-0.2, -0.15) is 0 Å². The molecule has 0 heterocycles. The van der Waals surface area contributed by atoms with Gasteiger partial charge in [0.15, 0.2) is 0 Å². The van der Waals surface area contributed by atoms with Crippen LogP contribution >= 0.6 is 0 Å². The number of hydrogen-bond donors (Lipinski definition) is 3. The number of carbonyl (C=O) groups excluding carboxylic acids is 2. The topological polar surface area (TPSA) is 79.5 Å². The van der Waals surface area contributed by atoms with Gasteiger partial charge in [-0.25, -0.2) is 10.2 Å². The molecule has 0 spiro atoms. The Morgan fingerprint density at radius 2 is 1.90 bits per heavy atom. The number of nitrogens with one attached hydrogen (secondary N) is 3. The minimum absolute atomic E-state index is 0. The summed E-state index contributed by atoms with van der Waals surface area (Å²) in [5.41, 5.74) is 6.47. The Balaban J connectivity index is -0.00000133. The number of amides is 2. The Morgan fingerprint density at radius 1 is 1.25 bits per heavy atom. The predicted molar refractivity (Wildman–Crippen MR) is 81.9 cm³/mol. The summed E-state index contributed by atoms with van der Waals surface area (Å²) >= 11 is 0. The van der Waals surface area contributed by atoms with Crippen LogP contribution in [0.15, 0.2) is 30.3 Å². The molecule has 0 bridgehead atoms. The van der Waals surface area contributed by atoms with Gasteiger partial charge in [-0.3, -0.25) is 10.2 Å². The standard InChI is InChI=1S/C14H21N3O3.3H2/c1-10(2)12(16-14(19)20-3)13(18)17-15-9-11-7-5-4-6-8-11;;;/h4-8,10,12,15H,9H2,1-3H3,(H,16,19)(H,17,18);3*1H/t12-;;;/m0.../s1. The molecule has 6 heteroatoms. The van der Waals surface area contributed by atoms with E-state index in [-0.39, 0.29) is 16.1 Å². The van der Waals surface area contributed by atoms with Crippen molar-refractivity contribution in [2.24, 2.45) is 5.92 Å². The molecule has 0 aromatic heterocycles. The molecular formula is C14H27N3O3. The lowest BCUT2D eigenvalue weighted by molar-refractivity contribution is -0.125. The van der Waals surface area contributed by atoms with Gasteiger partial charge in [-0.05, 0) is 11.5 Å². The molecule has 0 aliphatic heterocycles. The van der Waals surface area contributed by atoms with Crippen LogP contribution < -0.4 is 16.2 Å². The molecule has 0 fully saturated rings. The highest BCUT2D eigenvalue weighted by molar-refractivity contribution is 5.85. The number of carbonyl (C=O) groups is 2. The molecule has 20 heavy (non-hydrogen) atoms. The second-order valence-corrected chi connectivity index (χ2v) is 4.69. The second-order valence-electron chi connectivity index (χ2n) is 4.69. The first kappa shape index (κ1) is 16.0. The van der Waals surface area contributed by atoms with Crippen LogP contribution in [0.1, 0.15) is 23.7 Å². The summed E-state index contributed by atoms with van der Waals surface area (Å²) in [5.74, 6) is -0.353. The van der Waals surface area contributed by atoms with Gasteiger partial charge in [-0.15, -0.1) is 0 Å². The van der Waals surface area contributed by atoms with E-state index in [0.29, 0.717) is 6.54 Å². The van der Waals surface area contributed by atoms with Crippen molar-refractivity contribution in [3.8, 4) is 0 Å². The van der Waals surface area contributed by atoms with E-state index in [9.17, 15) is 9.59 Å². The Hall–Kier alpha value is -2.08. The Kier molecular flexibility index (Phi) is 6.52. The zero-order valence-corrected chi connectivity index (χ0v) is 12.0. The van der Waals surface area contributed by atoms with Crippen LogP contribution in [0.25, 0.3) is 0 Å². The lowest BCUT2D eigenvalue weighted by Gasteiger charge is -2.21. The molecule has 2 amide bonds. The first-order valence-electron chi connectivity index (χ1n) is 6.45. The quantitative estimate of drug-likeness (QED) is 0.698. The first-order valence-corrected chi connectivity index (χ1v) is 6.45. The van der Waals surface area contributed by atoms with Crippen LogP contribution in [-0.4, -0.2) is 25.2 Å². The number of hydrogen-bond acceptors (Lipinski definition) is 4. The largest absolute Gasteiger partial charge is 0.453 e. The highest BCUT2D eigenvalue weighted by Gasteiger charge is 2.24. The van der Waals surface area contributed by atoms with Gasteiger partial charge in [0, 0.05) is 10.8 Å². The molecule has 0 unspecified atom stereocenters. The molecule has 6 nitrogen and oxygen atoms in total. The van der Waals surface area contributed by atoms with Crippen molar-refractivity contribution in [1.82, 2.24) is 16.2 Å². The fraction of sp³-hybridized carbons (Fsp3) is 0.429. The van der Waals surface area contributed by atoms with Crippen molar-refractivity contribution in [3.63, 3.8) is 0 Å². The van der Waals surface area contributed by atoms with Gasteiger partial charge >= 0.3 is 6.09 Å². The van der Waals surface area contributed by atoms with Crippen LogP contribution in [0.5, 0.6) is 0 Å². The van der Waals surface area contributed by atoms with Crippen LogP contribution in [-0.2, 0) is 16.1 Å². The van der Waals surface area contributed by atoms with Crippen molar-refractivity contribution >= 4 is 12.0 Å². The molecule has 0 aliphatic carbocycles. The first-order chi connectivity index (χ1) is 9.54. The smallest absolute Gasteiger partial charge is 0.407 e. The zero-order chi connectivity index (χ0) is 15.0. The highest BCUT2D eigenvalue weighted by Crippen LogP contribution is 2.02. The fourth-order valence-corrected chi connectivity index (χ4v) is 1.63. The third-order valence-electron chi connectivity index (χ3n) is 2.75. The van der Waals surface area contributed by atoms with E-state index < -0.39 is 12.1 Å². The molecule has 0 saturated carbocycles. The van der Waals surface area contributed by atoms with Crippen molar-refractivity contribution in [1.29, 1.82) is 0 Å². The molecule has 116 valence electrons. The van der Waals surface area contributed by atoms with E-state index in [1.807, 2.05) is 44.2 Å². The number of methoxy groups -OCH3 is 1. The maximum absolute atomic E-state index is 12.0. The van der Waals surface area contributed by atoms with E-state index >= 15 is 0 Å². The number of ether oxygens (including phenoxy) is 1. The third-order valence-corrected chi connectivity index (χ3v) is 2.75. The average molecular weight is 285 g/mol. The van der Waals surface area contributed by atoms with E-state index in [1.54, 1.807) is 0 Å². The Labute approximate surface area is 123 Å². The summed E-state index contributed by atoms with van der Waals surface area (Å²) < 4.78 is 4.50. The van der Waals surface area contributed by atoms with Crippen molar-refractivity contribution < 1.29 is 18.6 Å². The van der Waals surface area contributed by atoms with Crippen LogP contribution in [0.2, 0.25) is 0 Å². The molecule has 0 saturated heterocycles. The molecule has 3 N–H and O–H groups in total. The summed E-state index contributed by atoms with van der Waals surface area (Å²) in [7, 11) is 1.26. The minimum Gasteiger partial charge on any atom is -0.453 e. The molecule has 1 aromatic rings. The normalized spacial score (nSPS) is 11.8. The van der Waals surface area contributed by atoms with Gasteiger partial charge in [0.05, 0.1) is 7.11 Å². The summed E-state index contributed by atoms with van der Waals surface area (Å²) in [6, 6.07) is 9.03. The maximum atomic E-state index is 12.0. The van der Waals surface area contributed by atoms with Gasteiger partial charge in [0.25, 0.3) is 5.91 Å². The van der Waals surface area contributed by atoms with Crippen LogP contribution in [0, 0.1) is 5.92 Å². The molecule has 1 rings (SSSR count). The number of benzene rings is 1. The maximum Gasteiger partial charge on any atom is 0.407 e. The van der Waals surface area contributed by atoms with Crippen LogP contribution in [0.4, 0.5) is 4.79 Å². The SMILES string of the molecule is COC(=O)N[C@H](C(=O)NNCc1ccccc1)C(C)C.[HH].[HH].[HH]. The monoisotopic (exact) mass is 285 g/mol. The second kappa shape index (κ2) is 8.16. The van der Waals surface area contributed by atoms with Gasteiger partial charge in [0.1, 0.15) is 6.04 Å². The molecule has 1 aromatic carbocycles. The molecule has 0 aliphatic rings. The lowest BCUT2D eigenvalue weighted by Crippen LogP contribution is -2.53. The average Bonchev–Trinajstić information content (AvgIpc) is 2.45. The van der Waals surface area contributed by atoms with Crippen molar-refractivity contribution in [2.75, 3.05) is 7.11 Å². The van der Waals surface area contributed by atoms with Crippen LogP contribution in [0.3, 0.4) is 0 Å². The predicted octanol–water partition coefficient (Wildman–Crippen LogP) is 1.93. The fourth-order valence-electron chi connectivity index (χ4n) is 1.63. The Bertz CT molecular complexity index is 447. The number of rotatable bonds is 6. The highest BCUT2D eigenvalue weighted by atomic mass is 16.5. The van der Waals surface area contributed by atoms with Gasteiger partial charge in [-0.1, -0.05) is 44.2 Å². The van der Waals surface area contributed by atoms with E-state index in [1.165, 1.54) is 7.11 Å². The van der Waals surface area contributed by atoms with E-state index in [0.717, 1.165) is 5.56 Å². The van der Waals surface area contributed by atoms with Crippen molar-refractivity contribution in [3.05, 3.63) is 35.9 Å². The van der Waals surface area contributed by atoms with E-state index in [2.05, 4.69) is 20.9 Å². The summed E-state index contributed by atoms with van der Waals surface area (Å²) in [4.78, 5) is 23.2. The Morgan fingerprint density at radius 3 is 2.45 bits per heavy atom. The summed E-state index contributed by atoms with van der Waals surface area (Å²) in [6.45, 7) is 4.20. The molecule has 0 radical (unpaired) electrons. The zero-order valence-electron chi connectivity index (χ0n) is 12.0. The number of hydrazine groups is 1. The summed E-state index contributed by atoms with van der Waals surface area (Å²) in [5, 5.41) is 2.50. The van der Waals surface area contributed by atoms with Crippen molar-refractivity contribution in [2.45, 2.75) is 26.4 Å². The minimum atomic E-state index is -0.647. The summed E-state index contributed by atoms with van der Waals surface area (Å²) in [6.07, 6.45) is -0.623. The third kappa shape index (κ3) is 5.27. The lowest BCUT2D eigenvalue weighted by atomic mass is 10.0. The van der Waals surface area contributed by atoms with Gasteiger partial charge < -0.3 is 10.1 Å².